The van der Waals surface area contributed by atoms with Crippen LogP contribution in [0.1, 0.15) is 51.9 Å². The van der Waals surface area contributed by atoms with Gasteiger partial charge in [0.1, 0.15) is 0 Å². The Morgan fingerprint density at radius 1 is 1.38 bits per heavy atom. The first kappa shape index (κ1) is 11.9. The molecule has 0 aromatic rings. The molecule has 0 aromatic heterocycles. The maximum Gasteiger partial charge on any atom is 0.226 e. The number of nitrogens with two attached hydrogens (primary N) is 1. The van der Waals surface area contributed by atoms with E-state index in [1.807, 2.05) is 0 Å². The zero-order valence-corrected chi connectivity index (χ0v) is 10.3. The van der Waals surface area contributed by atoms with Gasteiger partial charge in [0.05, 0.1) is 0 Å². The van der Waals surface area contributed by atoms with Crippen molar-refractivity contribution in [2.24, 2.45) is 17.1 Å². The first-order valence-corrected chi connectivity index (χ1v) is 6.67. The van der Waals surface area contributed by atoms with Crippen LogP contribution in [0.25, 0.3) is 0 Å². The molecule has 2 aliphatic rings. The predicted octanol–water partition coefficient (Wildman–Crippen LogP) is 1.81. The molecule has 92 valence electrons. The molecule has 1 atom stereocenters. The summed E-state index contributed by atoms with van der Waals surface area (Å²) in [6.07, 6.45) is 8.50. The van der Waals surface area contributed by atoms with Gasteiger partial charge in [-0.3, -0.25) is 4.79 Å². The van der Waals surface area contributed by atoms with Gasteiger partial charge in [-0.05, 0) is 31.6 Å². The van der Waals surface area contributed by atoms with Gasteiger partial charge in [-0.2, -0.15) is 0 Å². The van der Waals surface area contributed by atoms with Crippen molar-refractivity contribution in [1.82, 2.24) is 5.32 Å². The van der Waals surface area contributed by atoms with Crippen LogP contribution < -0.4 is 11.1 Å². The summed E-state index contributed by atoms with van der Waals surface area (Å²) in [7, 11) is 0. The third-order valence-corrected chi connectivity index (χ3v) is 4.34. The van der Waals surface area contributed by atoms with Gasteiger partial charge < -0.3 is 11.1 Å². The van der Waals surface area contributed by atoms with Crippen molar-refractivity contribution in [2.45, 2.75) is 57.9 Å². The van der Waals surface area contributed by atoms with E-state index >= 15 is 0 Å². The standard InChI is InChI=1S/C13H24N2O/c1-13(7-8-13)12(16)15-11(9-14)10-5-3-2-4-6-10/h10-11H,2-9,14H2,1H3,(H,15,16). The smallest absolute Gasteiger partial charge is 0.226 e. The highest BCUT2D eigenvalue weighted by Gasteiger charge is 2.45. The summed E-state index contributed by atoms with van der Waals surface area (Å²) in [5, 5.41) is 3.17. The average Bonchev–Trinajstić information content (AvgIpc) is 3.06. The van der Waals surface area contributed by atoms with Gasteiger partial charge in [0.2, 0.25) is 5.91 Å². The lowest BCUT2D eigenvalue weighted by Gasteiger charge is -2.30. The van der Waals surface area contributed by atoms with Crippen molar-refractivity contribution in [3.8, 4) is 0 Å². The number of carbonyl (C=O) groups excluding carboxylic acids is 1. The van der Waals surface area contributed by atoms with E-state index in [9.17, 15) is 4.79 Å². The van der Waals surface area contributed by atoms with Crippen LogP contribution in [0.4, 0.5) is 0 Å². The van der Waals surface area contributed by atoms with Crippen molar-refractivity contribution in [1.29, 1.82) is 0 Å². The highest BCUT2D eigenvalue weighted by Crippen LogP contribution is 2.45. The summed E-state index contributed by atoms with van der Waals surface area (Å²) in [5.74, 6) is 0.846. The zero-order valence-electron chi connectivity index (χ0n) is 10.3. The van der Waals surface area contributed by atoms with Gasteiger partial charge in [0.25, 0.3) is 0 Å². The first-order valence-electron chi connectivity index (χ1n) is 6.67. The molecule has 0 spiro atoms. The van der Waals surface area contributed by atoms with E-state index < -0.39 is 0 Å². The number of rotatable bonds is 4. The van der Waals surface area contributed by atoms with Crippen LogP contribution in [0.15, 0.2) is 0 Å². The minimum atomic E-state index is -0.0674. The van der Waals surface area contributed by atoms with E-state index in [0.717, 1.165) is 12.8 Å². The van der Waals surface area contributed by atoms with E-state index in [1.54, 1.807) is 0 Å². The number of hydrogen-bond donors (Lipinski definition) is 2. The summed E-state index contributed by atoms with van der Waals surface area (Å²) in [4.78, 5) is 12.0. The predicted molar refractivity (Wildman–Crippen MR) is 64.9 cm³/mol. The highest BCUT2D eigenvalue weighted by molar-refractivity contribution is 5.85. The van der Waals surface area contributed by atoms with Gasteiger partial charge >= 0.3 is 0 Å². The van der Waals surface area contributed by atoms with Gasteiger partial charge in [-0.15, -0.1) is 0 Å². The zero-order chi connectivity index (χ0) is 11.6. The van der Waals surface area contributed by atoms with Crippen LogP contribution in [-0.4, -0.2) is 18.5 Å². The molecule has 0 radical (unpaired) electrons. The molecule has 2 saturated carbocycles. The molecule has 2 fully saturated rings. The second-order valence-electron chi connectivity index (χ2n) is 5.77. The van der Waals surface area contributed by atoms with Crippen molar-refractivity contribution >= 4 is 5.91 Å². The van der Waals surface area contributed by atoms with E-state index in [0.29, 0.717) is 12.5 Å². The average molecular weight is 224 g/mol. The quantitative estimate of drug-likeness (QED) is 0.765. The fourth-order valence-electron chi connectivity index (χ4n) is 2.66. The second kappa shape index (κ2) is 4.74. The lowest BCUT2D eigenvalue weighted by molar-refractivity contribution is -0.126. The summed E-state index contributed by atoms with van der Waals surface area (Å²) in [6.45, 7) is 2.64. The number of carbonyl (C=O) groups is 1. The molecule has 2 rings (SSSR count). The van der Waals surface area contributed by atoms with Crippen molar-refractivity contribution < 1.29 is 4.79 Å². The Morgan fingerprint density at radius 2 is 2.00 bits per heavy atom. The van der Waals surface area contributed by atoms with Crippen LogP contribution >= 0.6 is 0 Å². The fraction of sp³-hybridized carbons (Fsp3) is 0.923. The van der Waals surface area contributed by atoms with Crippen LogP contribution in [0, 0.1) is 11.3 Å². The summed E-state index contributed by atoms with van der Waals surface area (Å²) >= 11 is 0. The van der Waals surface area contributed by atoms with Gasteiger partial charge in [-0.1, -0.05) is 26.2 Å². The molecule has 2 aliphatic carbocycles. The van der Waals surface area contributed by atoms with Crippen LogP contribution in [0.5, 0.6) is 0 Å². The second-order valence-corrected chi connectivity index (χ2v) is 5.77. The summed E-state index contributed by atoms with van der Waals surface area (Å²) in [6, 6.07) is 0.213. The fourth-order valence-corrected chi connectivity index (χ4v) is 2.66. The normalized spacial score (nSPS) is 26.1. The molecule has 0 aliphatic heterocycles. The number of nitrogens with one attached hydrogen (secondary N) is 1. The number of hydrogen-bond acceptors (Lipinski definition) is 2. The van der Waals surface area contributed by atoms with Gasteiger partial charge in [0, 0.05) is 18.0 Å². The van der Waals surface area contributed by atoms with Crippen molar-refractivity contribution in [2.75, 3.05) is 6.54 Å². The topological polar surface area (TPSA) is 55.1 Å². The Morgan fingerprint density at radius 3 is 2.50 bits per heavy atom. The molecule has 1 amide bonds. The van der Waals surface area contributed by atoms with Gasteiger partial charge in [0.15, 0.2) is 0 Å². The molecule has 0 aromatic carbocycles. The lowest BCUT2D eigenvalue weighted by atomic mass is 9.83. The largest absolute Gasteiger partial charge is 0.351 e. The Bertz CT molecular complexity index is 255. The maximum absolute atomic E-state index is 12.0. The molecule has 3 N–H and O–H groups in total. The van der Waals surface area contributed by atoms with E-state index in [-0.39, 0.29) is 17.4 Å². The van der Waals surface area contributed by atoms with Gasteiger partial charge in [-0.25, -0.2) is 0 Å². The van der Waals surface area contributed by atoms with Crippen LogP contribution in [-0.2, 0) is 4.79 Å². The van der Waals surface area contributed by atoms with Crippen LogP contribution in [0.2, 0.25) is 0 Å². The molecule has 0 bridgehead atoms. The van der Waals surface area contributed by atoms with Crippen LogP contribution in [0.3, 0.4) is 0 Å². The molecular weight excluding hydrogens is 200 g/mol. The molecular formula is C13H24N2O. The summed E-state index contributed by atoms with van der Waals surface area (Å²) in [5.41, 5.74) is 5.73. The first-order chi connectivity index (χ1) is 7.65. The number of amides is 1. The maximum atomic E-state index is 12.0. The van der Waals surface area contributed by atoms with E-state index in [2.05, 4.69) is 12.2 Å². The summed E-state index contributed by atoms with van der Waals surface area (Å²) < 4.78 is 0. The monoisotopic (exact) mass is 224 g/mol. The molecule has 3 nitrogen and oxygen atoms in total. The molecule has 16 heavy (non-hydrogen) atoms. The Balaban J connectivity index is 1.86. The molecule has 0 saturated heterocycles. The van der Waals surface area contributed by atoms with Crippen molar-refractivity contribution in [3.63, 3.8) is 0 Å². The minimum absolute atomic E-state index is 0.0674. The Hall–Kier alpha value is -0.570. The molecule has 0 heterocycles. The Kier molecular flexibility index (Phi) is 3.53. The SMILES string of the molecule is CC1(C(=O)NC(CN)C2CCCCC2)CC1. The van der Waals surface area contributed by atoms with Crippen molar-refractivity contribution in [3.05, 3.63) is 0 Å². The molecule has 1 unspecified atom stereocenters. The minimum Gasteiger partial charge on any atom is -0.351 e. The lowest BCUT2D eigenvalue weighted by Crippen LogP contribution is -2.48. The third-order valence-electron chi connectivity index (χ3n) is 4.34. The third kappa shape index (κ3) is 2.57. The molecule has 3 heteroatoms. The van der Waals surface area contributed by atoms with E-state index in [1.165, 1.54) is 32.1 Å². The van der Waals surface area contributed by atoms with E-state index in [4.69, 9.17) is 5.73 Å². The highest BCUT2D eigenvalue weighted by atomic mass is 16.2. The Labute approximate surface area is 98.2 Å².